The summed E-state index contributed by atoms with van der Waals surface area (Å²) in [5, 5.41) is 13.8. The molecule has 0 saturated carbocycles. The van der Waals surface area contributed by atoms with Crippen LogP contribution in [0.3, 0.4) is 0 Å². The number of likely N-dealkylation sites (N-methyl/N-ethyl adjacent to an activating group) is 1. The van der Waals surface area contributed by atoms with E-state index in [9.17, 15) is 5.11 Å². The monoisotopic (exact) mass is 445 g/mol. The van der Waals surface area contributed by atoms with Crippen LogP contribution in [0.25, 0.3) is 11.1 Å². The minimum atomic E-state index is -0.529. The first-order chi connectivity index (χ1) is 16.2. The van der Waals surface area contributed by atoms with Crippen molar-refractivity contribution < 1.29 is 9.84 Å². The van der Waals surface area contributed by atoms with Gasteiger partial charge < -0.3 is 20.1 Å². The van der Waals surface area contributed by atoms with Crippen molar-refractivity contribution in [3.05, 3.63) is 90.0 Å². The maximum Gasteiger partial charge on any atom is 0.119 e. The summed E-state index contributed by atoms with van der Waals surface area (Å²) in [5.41, 5.74) is 4.41. The maximum absolute atomic E-state index is 10.5. The van der Waals surface area contributed by atoms with Crippen molar-refractivity contribution in [2.45, 2.75) is 12.6 Å². The van der Waals surface area contributed by atoms with Gasteiger partial charge in [0.25, 0.3) is 0 Å². The standard InChI is InChI=1S/C28H35N3O2/c1-30-15-17-31(18-16-30)19-20-33-27-13-11-25(12-14-27)24-7-9-26(10-8-24)28(32)22-29-21-23-5-3-2-4-6-23/h2-14,28-29,32H,15-22H2,1H3. The van der Waals surface area contributed by atoms with Gasteiger partial charge in [0.1, 0.15) is 12.4 Å². The van der Waals surface area contributed by atoms with Gasteiger partial charge in [0.2, 0.25) is 0 Å². The van der Waals surface area contributed by atoms with Gasteiger partial charge in [-0.15, -0.1) is 0 Å². The molecule has 1 aliphatic rings. The Morgan fingerprint density at radius 1 is 0.848 bits per heavy atom. The van der Waals surface area contributed by atoms with Crippen LogP contribution in [0.2, 0.25) is 0 Å². The molecule has 0 bridgehead atoms. The Balaban J connectivity index is 1.22. The zero-order chi connectivity index (χ0) is 22.9. The number of hydrogen-bond acceptors (Lipinski definition) is 5. The van der Waals surface area contributed by atoms with Crippen LogP contribution in [0.5, 0.6) is 5.75 Å². The second kappa shape index (κ2) is 12.0. The van der Waals surface area contributed by atoms with Crippen LogP contribution in [0.1, 0.15) is 17.2 Å². The molecule has 0 aromatic heterocycles. The number of hydrogen-bond donors (Lipinski definition) is 2. The number of nitrogens with one attached hydrogen (secondary N) is 1. The summed E-state index contributed by atoms with van der Waals surface area (Å²) in [5.74, 6) is 0.907. The van der Waals surface area contributed by atoms with E-state index in [-0.39, 0.29) is 0 Å². The van der Waals surface area contributed by atoms with Crippen LogP contribution in [0, 0.1) is 0 Å². The Hall–Kier alpha value is -2.70. The number of piperazine rings is 1. The molecule has 1 fully saturated rings. The summed E-state index contributed by atoms with van der Waals surface area (Å²) >= 11 is 0. The fraction of sp³-hybridized carbons (Fsp3) is 0.357. The lowest BCUT2D eigenvalue weighted by atomic mass is 10.0. The van der Waals surface area contributed by atoms with E-state index in [1.807, 2.05) is 42.5 Å². The molecule has 1 unspecified atom stereocenters. The minimum absolute atomic E-state index is 0.522. The van der Waals surface area contributed by atoms with Crippen molar-refractivity contribution in [2.75, 3.05) is 52.9 Å². The van der Waals surface area contributed by atoms with E-state index in [0.717, 1.165) is 61.7 Å². The lowest BCUT2D eigenvalue weighted by molar-refractivity contribution is 0.134. The zero-order valence-electron chi connectivity index (χ0n) is 19.5. The summed E-state index contributed by atoms with van der Waals surface area (Å²) in [6, 6.07) is 26.6. The Kier molecular flexibility index (Phi) is 8.50. The summed E-state index contributed by atoms with van der Waals surface area (Å²) in [6.07, 6.45) is -0.529. The predicted molar refractivity (Wildman–Crippen MR) is 134 cm³/mol. The van der Waals surface area contributed by atoms with E-state index in [0.29, 0.717) is 13.2 Å². The van der Waals surface area contributed by atoms with Crippen molar-refractivity contribution >= 4 is 0 Å². The molecule has 2 N–H and O–H groups in total. The van der Waals surface area contributed by atoms with Gasteiger partial charge in [-0.2, -0.15) is 0 Å². The maximum atomic E-state index is 10.5. The molecule has 3 aromatic carbocycles. The van der Waals surface area contributed by atoms with Gasteiger partial charge in [0.15, 0.2) is 0 Å². The minimum Gasteiger partial charge on any atom is -0.492 e. The average Bonchev–Trinajstić information content (AvgIpc) is 2.86. The highest BCUT2D eigenvalue weighted by molar-refractivity contribution is 5.64. The number of aliphatic hydroxyl groups excluding tert-OH is 1. The Bertz CT molecular complexity index is 953. The molecule has 1 saturated heterocycles. The lowest BCUT2D eigenvalue weighted by Crippen LogP contribution is -2.45. The molecule has 0 amide bonds. The van der Waals surface area contributed by atoms with Gasteiger partial charge in [0, 0.05) is 45.8 Å². The fourth-order valence-electron chi connectivity index (χ4n) is 4.07. The molecule has 33 heavy (non-hydrogen) atoms. The molecule has 3 aromatic rings. The first-order valence-corrected chi connectivity index (χ1v) is 11.8. The van der Waals surface area contributed by atoms with Crippen LogP contribution in [0.4, 0.5) is 0 Å². The van der Waals surface area contributed by atoms with E-state index in [2.05, 4.69) is 58.6 Å². The molecule has 0 spiro atoms. The van der Waals surface area contributed by atoms with Crippen molar-refractivity contribution in [3.8, 4) is 16.9 Å². The second-order valence-corrected chi connectivity index (χ2v) is 8.77. The summed E-state index contributed by atoms with van der Waals surface area (Å²) < 4.78 is 5.95. The van der Waals surface area contributed by atoms with Crippen LogP contribution in [0.15, 0.2) is 78.9 Å². The molecule has 1 heterocycles. The number of ether oxygens (including phenoxy) is 1. The zero-order valence-corrected chi connectivity index (χ0v) is 19.5. The van der Waals surface area contributed by atoms with Gasteiger partial charge in [-0.25, -0.2) is 0 Å². The number of aliphatic hydroxyl groups is 1. The highest BCUT2D eigenvalue weighted by Gasteiger charge is 2.13. The van der Waals surface area contributed by atoms with Gasteiger partial charge in [0.05, 0.1) is 6.10 Å². The molecule has 4 rings (SSSR count). The highest BCUT2D eigenvalue weighted by atomic mass is 16.5. The third-order valence-electron chi connectivity index (χ3n) is 6.26. The molecule has 1 aliphatic heterocycles. The second-order valence-electron chi connectivity index (χ2n) is 8.77. The molecular weight excluding hydrogens is 410 g/mol. The van der Waals surface area contributed by atoms with Gasteiger partial charge in [-0.3, -0.25) is 4.90 Å². The molecule has 5 heteroatoms. The van der Waals surface area contributed by atoms with Gasteiger partial charge in [-0.05, 0) is 41.4 Å². The first-order valence-electron chi connectivity index (χ1n) is 11.8. The average molecular weight is 446 g/mol. The number of benzene rings is 3. The molecule has 0 aliphatic carbocycles. The van der Waals surface area contributed by atoms with Crippen molar-refractivity contribution in [2.24, 2.45) is 0 Å². The number of rotatable bonds is 10. The third kappa shape index (κ3) is 7.14. The fourth-order valence-corrected chi connectivity index (χ4v) is 4.07. The van der Waals surface area contributed by atoms with E-state index in [1.54, 1.807) is 0 Å². The largest absolute Gasteiger partial charge is 0.492 e. The topological polar surface area (TPSA) is 48.0 Å². The summed E-state index contributed by atoms with van der Waals surface area (Å²) in [7, 11) is 2.18. The van der Waals surface area contributed by atoms with Crippen molar-refractivity contribution in [1.82, 2.24) is 15.1 Å². The van der Waals surface area contributed by atoms with Crippen LogP contribution >= 0.6 is 0 Å². The Labute approximate surface area is 197 Å². The molecule has 0 radical (unpaired) electrons. The SMILES string of the molecule is CN1CCN(CCOc2ccc(-c3ccc(C(O)CNCc4ccccc4)cc3)cc2)CC1. The quantitative estimate of drug-likeness (QED) is 0.497. The summed E-state index contributed by atoms with van der Waals surface area (Å²) in [6.45, 7) is 7.46. The Morgan fingerprint density at radius 2 is 1.48 bits per heavy atom. The molecular formula is C28H35N3O2. The van der Waals surface area contributed by atoms with Crippen LogP contribution in [-0.2, 0) is 6.54 Å². The van der Waals surface area contributed by atoms with Gasteiger partial charge >= 0.3 is 0 Å². The van der Waals surface area contributed by atoms with E-state index >= 15 is 0 Å². The van der Waals surface area contributed by atoms with E-state index in [1.165, 1.54) is 5.56 Å². The van der Waals surface area contributed by atoms with Crippen molar-refractivity contribution in [1.29, 1.82) is 0 Å². The predicted octanol–water partition coefficient (Wildman–Crippen LogP) is 3.80. The van der Waals surface area contributed by atoms with E-state index in [4.69, 9.17) is 4.74 Å². The van der Waals surface area contributed by atoms with Crippen molar-refractivity contribution in [3.63, 3.8) is 0 Å². The van der Waals surface area contributed by atoms with Gasteiger partial charge in [-0.1, -0.05) is 66.7 Å². The molecule has 5 nitrogen and oxygen atoms in total. The van der Waals surface area contributed by atoms with Crippen LogP contribution in [-0.4, -0.2) is 67.8 Å². The molecule has 1 atom stereocenters. The summed E-state index contributed by atoms with van der Waals surface area (Å²) in [4.78, 5) is 4.83. The molecule has 174 valence electrons. The first kappa shape index (κ1) is 23.5. The Morgan fingerprint density at radius 3 is 2.15 bits per heavy atom. The number of nitrogens with zero attached hydrogens (tertiary/aromatic N) is 2. The highest BCUT2D eigenvalue weighted by Crippen LogP contribution is 2.24. The normalized spacial score (nSPS) is 15.9. The lowest BCUT2D eigenvalue weighted by Gasteiger charge is -2.32. The smallest absolute Gasteiger partial charge is 0.119 e. The third-order valence-corrected chi connectivity index (χ3v) is 6.26. The van der Waals surface area contributed by atoms with E-state index < -0.39 is 6.10 Å². The van der Waals surface area contributed by atoms with Crippen LogP contribution < -0.4 is 10.1 Å².